The van der Waals surface area contributed by atoms with Gasteiger partial charge in [-0.25, -0.2) is 4.79 Å². The van der Waals surface area contributed by atoms with Crippen molar-refractivity contribution in [3.8, 4) is 0 Å². The summed E-state index contributed by atoms with van der Waals surface area (Å²) in [4.78, 5) is 13.0. The summed E-state index contributed by atoms with van der Waals surface area (Å²) in [6, 6.07) is 9.97. The number of rotatable bonds is 3. The van der Waals surface area contributed by atoms with E-state index in [0.717, 1.165) is 6.42 Å². The van der Waals surface area contributed by atoms with E-state index in [1.54, 1.807) is 0 Å². The van der Waals surface area contributed by atoms with Crippen molar-refractivity contribution in [1.82, 2.24) is 0 Å². The fourth-order valence-electron chi connectivity index (χ4n) is 0.886. The van der Waals surface area contributed by atoms with Crippen molar-refractivity contribution < 1.29 is 4.79 Å². The molecule has 0 aliphatic heterocycles. The Morgan fingerprint density at radius 3 is 2.75 bits per heavy atom. The molecule has 1 aromatic rings. The van der Waals surface area contributed by atoms with Crippen molar-refractivity contribution in [3.05, 3.63) is 48.2 Å². The summed E-state index contributed by atoms with van der Waals surface area (Å²) >= 11 is 0. The molecule has 0 radical (unpaired) electrons. The molecule has 2 nitrogen and oxygen atoms in total. The number of aliphatic imine (C=N–C) groups is 1. The molecule has 60 valence electrons. The van der Waals surface area contributed by atoms with Crippen molar-refractivity contribution in [2.45, 2.75) is 6.42 Å². The molecule has 0 aromatic heterocycles. The van der Waals surface area contributed by atoms with Gasteiger partial charge in [0.2, 0.25) is 6.08 Å². The predicted molar refractivity (Wildman–Crippen MR) is 47.4 cm³/mol. The molecule has 0 N–H and O–H groups in total. The Labute approximate surface area is 71.3 Å². The molecule has 0 amide bonds. The molecule has 12 heavy (non-hydrogen) atoms. The second kappa shape index (κ2) is 5.05. The Morgan fingerprint density at radius 1 is 1.33 bits per heavy atom. The van der Waals surface area contributed by atoms with Gasteiger partial charge in [-0.15, -0.1) is 0 Å². The molecule has 0 aliphatic rings. The average molecular weight is 159 g/mol. The van der Waals surface area contributed by atoms with Crippen molar-refractivity contribution >= 4 is 6.08 Å². The van der Waals surface area contributed by atoms with E-state index in [1.165, 1.54) is 17.8 Å². The first-order chi connectivity index (χ1) is 5.93. The van der Waals surface area contributed by atoms with E-state index in [4.69, 9.17) is 0 Å². The number of isocyanates is 1. The largest absolute Gasteiger partial charge is 0.239 e. The fraction of sp³-hybridized carbons (Fsp3) is 0.100. The minimum absolute atomic E-state index is 0.798. The number of hydrogen-bond acceptors (Lipinski definition) is 2. The summed E-state index contributed by atoms with van der Waals surface area (Å²) in [5, 5.41) is 0. The molecule has 0 heterocycles. The number of allylic oxidation sites excluding steroid dienone is 1. The zero-order valence-corrected chi connectivity index (χ0v) is 6.60. The molecule has 0 saturated carbocycles. The molecule has 1 aromatic carbocycles. The van der Waals surface area contributed by atoms with E-state index in [2.05, 4.69) is 4.99 Å². The highest BCUT2D eigenvalue weighted by Crippen LogP contribution is 1.99. The van der Waals surface area contributed by atoms with Crippen LogP contribution in [0.15, 0.2) is 47.6 Å². The standard InChI is InChI=1S/C10H9NO/c12-9-11-8-4-7-10-5-2-1-3-6-10/h1-6,8H,7H2. The van der Waals surface area contributed by atoms with Gasteiger partial charge in [0.1, 0.15) is 0 Å². The lowest BCUT2D eigenvalue weighted by molar-refractivity contribution is 0.565. The minimum atomic E-state index is 0.798. The van der Waals surface area contributed by atoms with Crippen LogP contribution >= 0.6 is 0 Å². The van der Waals surface area contributed by atoms with Crippen LogP contribution in [0.4, 0.5) is 0 Å². The van der Waals surface area contributed by atoms with Gasteiger partial charge >= 0.3 is 0 Å². The Kier molecular flexibility index (Phi) is 3.55. The lowest BCUT2D eigenvalue weighted by Crippen LogP contribution is -1.77. The Morgan fingerprint density at radius 2 is 2.08 bits per heavy atom. The highest BCUT2D eigenvalue weighted by molar-refractivity contribution is 5.34. The molecule has 0 bridgehead atoms. The van der Waals surface area contributed by atoms with Gasteiger partial charge in [-0.1, -0.05) is 36.4 Å². The van der Waals surface area contributed by atoms with Crippen LogP contribution in [-0.2, 0) is 11.2 Å². The third kappa shape index (κ3) is 2.95. The molecule has 0 saturated heterocycles. The normalized spacial score (nSPS) is 9.67. The van der Waals surface area contributed by atoms with E-state index in [-0.39, 0.29) is 0 Å². The van der Waals surface area contributed by atoms with Crippen molar-refractivity contribution in [2.75, 3.05) is 0 Å². The maximum Gasteiger partial charge on any atom is 0.239 e. The second-order valence-electron chi connectivity index (χ2n) is 2.29. The van der Waals surface area contributed by atoms with E-state index in [1.807, 2.05) is 36.4 Å². The zero-order valence-electron chi connectivity index (χ0n) is 6.60. The SMILES string of the molecule is O=C=NC=CCc1ccccc1. The van der Waals surface area contributed by atoms with E-state index in [0.29, 0.717) is 0 Å². The lowest BCUT2D eigenvalue weighted by Gasteiger charge is -1.91. The van der Waals surface area contributed by atoms with E-state index >= 15 is 0 Å². The summed E-state index contributed by atoms with van der Waals surface area (Å²) in [5.74, 6) is 0. The fourth-order valence-corrected chi connectivity index (χ4v) is 0.886. The molecule has 2 heteroatoms. The van der Waals surface area contributed by atoms with Crippen molar-refractivity contribution in [2.24, 2.45) is 4.99 Å². The zero-order chi connectivity index (χ0) is 8.65. The van der Waals surface area contributed by atoms with Gasteiger partial charge in [0.05, 0.1) is 0 Å². The quantitative estimate of drug-likeness (QED) is 0.490. The van der Waals surface area contributed by atoms with Gasteiger partial charge in [-0.3, -0.25) is 0 Å². The Bertz CT molecular complexity index is 297. The predicted octanol–water partition coefficient (Wildman–Crippen LogP) is 2.08. The van der Waals surface area contributed by atoms with Crippen molar-refractivity contribution in [3.63, 3.8) is 0 Å². The topological polar surface area (TPSA) is 29.4 Å². The number of hydrogen-bond donors (Lipinski definition) is 0. The minimum Gasteiger partial charge on any atom is -0.211 e. The van der Waals surface area contributed by atoms with Crippen LogP contribution in [-0.4, -0.2) is 6.08 Å². The molecule has 1 rings (SSSR count). The van der Waals surface area contributed by atoms with Gasteiger partial charge in [0, 0.05) is 6.20 Å². The second-order valence-corrected chi connectivity index (χ2v) is 2.29. The first-order valence-electron chi connectivity index (χ1n) is 3.69. The average Bonchev–Trinajstić information content (AvgIpc) is 2.14. The molecule has 0 fully saturated rings. The van der Waals surface area contributed by atoms with Crippen LogP contribution in [0.25, 0.3) is 0 Å². The molecule has 0 atom stereocenters. The van der Waals surface area contributed by atoms with Crippen molar-refractivity contribution in [1.29, 1.82) is 0 Å². The molecule has 0 aliphatic carbocycles. The third-order valence-electron chi connectivity index (χ3n) is 1.43. The Hall–Kier alpha value is -1.66. The van der Waals surface area contributed by atoms with E-state index in [9.17, 15) is 4.79 Å². The first kappa shape index (κ1) is 8.44. The third-order valence-corrected chi connectivity index (χ3v) is 1.43. The number of carbonyl (C=O) groups excluding carboxylic acids is 1. The maximum absolute atomic E-state index is 9.67. The summed E-state index contributed by atoms with van der Waals surface area (Å²) in [6.07, 6.45) is 5.52. The van der Waals surface area contributed by atoms with Gasteiger partial charge in [0.25, 0.3) is 0 Å². The van der Waals surface area contributed by atoms with Crippen LogP contribution in [0, 0.1) is 0 Å². The smallest absolute Gasteiger partial charge is 0.211 e. The van der Waals surface area contributed by atoms with Gasteiger partial charge in [0.15, 0.2) is 0 Å². The highest BCUT2D eigenvalue weighted by Gasteiger charge is 1.83. The Balaban J connectivity index is 2.48. The van der Waals surface area contributed by atoms with Gasteiger partial charge in [-0.05, 0) is 12.0 Å². The molecular formula is C10H9NO. The van der Waals surface area contributed by atoms with E-state index < -0.39 is 0 Å². The van der Waals surface area contributed by atoms with Crippen LogP contribution < -0.4 is 0 Å². The van der Waals surface area contributed by atoms with Crippen LogP contribution in [0.2, 0.25) is 0 Å². The van der Waals surface area contributed by atoms with Gasteiger partial charge < -0.3 is 0 Å². The molecule has 0 unspecified atom stereocenters. The van der Waals surface area contributed by atoms with Crippen LogP contribution in [0.5, 0.6) is 0 Å². The summed E-state index contributed by atoms with van der Waals surface area (Å²) in [5.41, 5.74) is 1.20. The first-order valence-corrected chi connectivity index (χ1v) is 3.69. The van der Waals surface area contributed by atoms with Crippen LogP contribution in [0.1, 0.15) is 5.56 Å². The van der Waals surface area contributed by atoms with Gasteiger partial charge in [-0.2, -0.15) is 4.99 Å². The molecule has 0 spiro atoms. The monoisotopic (exact) mass is 159 g/mol. The molecular weight excluding hydrogens is 150 g/mol. The maximum atomic E-state index is 9.67. The summed E-state index contributed by atoms with van der Waals surface area (Å²) in [6.45, 7) is 0. The highest BCUT2D eigenvalue weighted by atomic mass is 16.1. The lowest BCUT2D eigenvalue weighted by atomic mass is 10.1. The number of nitrogens with zero attached hydrogens (tertiary/aromatic N) is 1. The van der Waals surface area contributed by atoms with Crippen LogP contribution in [0.3, 0.4) is 0 Å². The summed E-state index contributed by atoms with van der Waals surface area (Å²) < 4.78 is 0. The summed E-state index contributed by atoms with van der Waals surface area (Å²) in [7, 11) is 0. The number of benzene rings is 1.